The van der Waals surface area contributed by atoms with Gasteiger partial charge in [0.2, 0.25) is 0 Å². The van der Waals surface area contributed by atoms with Crippen molar-refractivity contribution >= 4 is 39.8 Å². The summed E-state index contributed by atoms with van der Waals surface area (Å²) in [6.45, 7) is 57.8. The molecule has 3 radical (unpaired) electrons. The second kappa shape index (κ2) is 52.4. The molecule has 0 aliphatic heterocycles. The number of rotatable bonds is 20. The number of aryl methyl sites for hydroxylation is 3. The van der Waals surface area contributed by atoms with Gasteiger partial charge in [-0.05, 0) is 239 Å². The topological polar surface area (TPSA) is 77.3 Å². The van der Waals surface area contributed by atoms with E-state index >= 15 is 0 Å². The summed E-state index contributed by atoms with van der Waals surface area (Å²) in [5.74, 6) is 4.63. The Labute approximate surface area is 928 Å². The fraction of sp³-hybridized carbons (Fsp3) is 0.333. The van der Waals surface area contributed by atoms with E-state index in [1.165, 1.54) is 158 Å². The molecule has 3 aliphatic carbocycles. The summed E-state index contributed by atoms with van der Waals surface area (Å²) in [4.78, 5) is 28.4. The molecule has 16 aromatic rings. The van der Waals surface area contributed by atoms with E-state index in [0.29, 0.717) is 11.8 Å². The van der Waals surface area contributed by atoms with Crippen molar-refractivity contribution in [3.8, 4) is 112 Å². The summed E-state index contributed by atoms with van der Waals surface area (Å²) in [6.07, 6.45) is 27.6. The van der Waals surface area contributed by atoms with Crippen LogP contribution in [0.2, 0.25) is 58.9 Å². The van der Waals surface area contributed by atoms with Crippen LogP contribution in [-0.4, -0.2) is 54.1 Å². The number of nitrogens with zero attached hydrogens (tertiary/aromatic N) is 6. The normalized spacial score (nSPS) is 14.4. The first kappa shape index (κ1) is 117. The van der Waals surface area contributed by atoms with Crippen molar-refractivity contribution in [3.05, 3.63) is 402 Å². The van der Waals surface area contributed by atoms with E-state index in [0.717, 1.165) is 97.6 Å². The molecule has 147 heavy (non-hydrogen) atoms. The van der Waals surface area contributed by atoms with E-state index in [9.17, 15) is 0 Å². The molecule has 2 bridgehead atoms. The Balaban J connectivity index is 0.000000168. The number of benzene rings is 10. The predicted octanol–water partition coefficient (Wildman–Crippen LogP) is 34.7. The molecule has 0 spiro atoms. The Morgan fingerprint density at radius 3 is 1.07 bits per heavy atom. The molecule has 6 aromatic heterocycles. The summed E-state index contributed by atoms with van der Waals surface area (Å²) in [7, 11) is -4.09. The van der Waals surface area contributed by atoms with Crippen LogP contribution in [0.1, 0.15) is 209 Å². The summed E-state index contributed by atoms with van der Waals surface area (Å²) in [5, 5.41) is 4.58. The zero-order valence-corrected chi connectivity index (χ0v) is 102. The average molecular weight is 2520 g/mol. The third-order valence-electron chi connectivity index (χ3n) is 28.6. The monoisotopic (exact) mass is 2520 g/mol. The van der Waals surface area contributed by atoms with E-state index in [1.807, 2.05) is 109 Å². The molecule has 6 heterocycles. The average Bonchev–Trinajstić information content (AvgIpc) is 1.77. The van der Waals surface area contributed by atoms with E-state index in [4.69, 9.17) is 24.9 Å². The van der Waals surface area contributed by atoms with Crippen molar-refractivity contribution < 1.29 is 60.3 Å². The first-order valence-electron chi connectivity index (χ1n) is 52.7. The number of aromatic nitrogens is 6. The Hall–Kier alpha value is -10.3. The molecule has 10 aromatic carbocycles. The largest absolute Gasteiger partial charge is 0.305 e. The van der Waals surface area contributed by atoms with Crippen molar-refractivity contribution in [1.82, 2.24) is 29.9 Å². The molecular formula is C135H154Ir3N6Si3-6. The molecule has 3 fully saturated rings. The molecule has 19 rings (SSSR count). The minimum Gasteiger partial charge on any atom is -0.305 e. The first-order valence-corrected chi connectivity index (χ1v) is 63.2. The molecule has 0 N–H and O–H groups in total. The minimum absolute atomic E-state index is 0. The molecule has 0 saturated heterocycles. The molecule has 0 amide bonds. The van der Waals surface area contributed by atoms with Gasteiger partial charge < -0.3 is 29.9 Å². The van der Waals surface area contributed by atoms with Crippen molar-refractivity contribution in [2.24, 2.45) is 29.1 Å². The van der Waals surface area contributed by atoms with Crippen LogP contribution in [0, 0.1) is 86.3 Å². The molecule has 3 atom stereocenters. The Morgan fingerprint density at radius 2 is 0.680 bits per heavy atom. The van der Waals surface area contributed by atoms with Crippen LogP contribution in [-0.2, 0) is 90.4 Å². The zero-order chi connectivity index (χ0) is 103. The molecule has 6 nitrogen and oxygen atoms in total. The van der Waals surface area contributed by atoms with Crippen LogP contribution in [0.15, 0.2) is 310 Å². The Morgan fingerprint density at radius 1 is 0.313 bits per heavy atom. The quantitative estimate of drug-likeness (QED) is 0.0559. The maximum Gasteiger partial charge on any atom is 0.0798 e. The molecular weight excluding hydrogens is 2370 g/mol. The van der Waals surface area contributed by atoms with Gasteiger partial charge in [0, 0.05) is 97.5 Å². The minimum atomic E-state index is -1.37. The van der Waals surface area contributed by atoms with Crippen molar-refractivity contribution in [3.63, 3.8) is 0 Å². The number of pyridine rings is 6. The predicted molar refractivity (Wildman–Crippen MR) is 623 cm³/mol. The van der Waals surface area contributed by atoms with Crippen LogP contribution in [0.4, 0.5) is 0 Å². The molecule has 3 unspecified atom stereocenters. The third-order valence-corrected chi connectivity index (χ3v) is 34.8. The van der Waals surface area contributed by atoms with Gasteiger partial charge in [-0.1, -0.05) is 331 Å². The number of hydrogen-bond donors (Lipinski definition) is 0. The van der Waals surface area contributed by atoms with Gasteiger partial charge in [-0.25, -0.2) is 0 Å². The SMILES string of the molecule is CC(C)(C)Cc1cc(-c2[c-]cccc2)ncc1[Si](C)(C)C.CC(C)c1cnc(-c2[c-]ccc(-c3ccccc3)c2)cc1-c1ccccc1.CC(C)c1cnc(-c2[c-]cccc2)cc1-c1cc(C(C)(C)C)cc(C(C)(C)C)c1.C[Si](C)(C)c1cnc(-c2[c-]cccc2)cc1CC1CC2CCC1C2.C[Si](C)(C)c1cnc(-c2[c-]cccc2)cc1CC1CCCC1.Cc1cnc(-c2[c-]cccc2)cc1-c1c(C)cccc1C.[Ir].[Ir].[Ir]. The van der Waals surface area contributed by atoms with Gasteiger partial charge in [-0.3, -0.25) is 0 Å². The van der Waals surface area contributed by atoms with E-state index in [-0.39, 0.29) is 76.6 Å². The smallest absolute Gasteiger partial charge is 0.0798 e. The first-order chi connectivity index (χ1) is 68.6. The zero-order valence-electron chi connectivity index (χ0n) is 91.9. The molecule has 769 valence electrons. The summed E-state index contributed by atoms with van der Waals surface area (Å²) < 4.78 is 0. The van der Waals surface area contributed by atoms with Gasteiger partial charge in [-0.2, -0.15) is 0 Å². The van der Waals surface area contributed by atoms with Gasteiger partial charge in [0.05, 0.1) is 24.2 Å². The van der Waals surface area contributed by atoms with Crippen LogP contribution in [0.5, 0.6) is 0 Å². The molecule has 12 heteroatoms. The van der Waals surface area contributed by atoms with Gasteiger partial charge in [0.1, 0.15) is 0 Å². The van der Waals surface area contributed by atoms with Crippen molar-refractivity contribution in [2.45, 2.75) is 263 Å². The van der Waals surface area contributed by atoms with Crippen LogP contribution in [0.3, 0.4) is 0 Å². The Kier molecular flexibility index (Phi) is 41.7. The summed E-state index contributed by atoms with van der Waals surface area (Å²) >= 11 is 0. The second-order valence-corrected chi connectivity index (χ2v) is 62.5. The van der Waals surface area contributed by atoms with E-state index < -0.39 is 24.2 Å². The van der Waals surface area contributed by atoms with E-state index in [1.54, 1.807) is 21.5 Å². The fourth-order valence-corrected chi connectivity index (χ4v) is 25.5. The maximum atomic E-state index is 4.80. The fourth-order valence-electron chi connectivity index (χ4n) is 20.7. The molecule has 3 aliphatic rings. The van der Waals surface area contributed by atoms with E-state index in [2.05, 4.69) is 412 Å². The van der Waals surface area contributed by atoms with Gasteiger partial charge in [0.15, 0.2) is 0 Å². The van der Waals surface area contributed by atoms with Gasteiger partial charge in [0.25, 0.3) is 0 Å². The van der Waals surface area contributed by atoms with Crippen LogP contribution >= 0.6 is 0 Å². The third kappa shape index (κ3) is 32.1. The van der Waals surface area contributed by atoms with Crippen molar-refractivity contribution in [1.29, 1.82) is 0 Å². The molecule has 3 saturated carbocycles. The number of hydrogen-bond acceptors (Lipinski definition) is 6. The van der Waals surface area contributed by atoms with Crippen molar-refractivity contribution in [2.75, 3.05) is 0 Å². The van der Waals surface area contributed by atoms with Crippen LogP contribution in [0.25, 0.3) is 112 Å². The summed E-state index contributed by atoms with van der Waals surface area (Å²) in [6, 6.07) is 115. The van der Waals surface area contributed by atoms with Crippen LogP contribution < -0.4 is 15.6 Å². The number of fused-ring (bicyclic) bond motifs is 2. The second-order valence-electron chi connectivity index (χ2n) is 47.3. The summed E-state index contributed by atoms with van der Waals surface area (Å²) in [5.41, 5.74) is 36.7. The maximum absolute atomic E-state index is 4.80. The van der Waals surface area contributed by atoms with Gasteiger partial charge >= 0.3 is 0 Å². The Bertz CT molecular complexity index is 6840. The standard InChI is InChI=1S/C28H34N.C26H22N.C22H28NSi.C20H26NSi.C20H18N.C19H26NSi.3Ir/c1-19(2)25-18-29-26(20-12-10-9-11-13-20)17-24(25)21-14-22(27(3,4)5)16-23(15-21)28(6,7)8;1-19(2)25-18-27-26(17-24(25)21-12-7-4-8-13-21)23-15-9-14-22(16-23)20-10-5-3-6-11-20;1-24(2,3)22-15-23-21(17-7-5-4-6-8-17)14-20(22)13-19-12-16-9-10-18(19)11-16;1-22(2,3)20-15-21-19(17-11-5-4-6-12-17)14-18(20)13-16-9-7-8-10-16;1-14-8-7-9-15(2)20(14)18-12-19(21-13-16(18)3)17-10-5-4-6-11-17;1-19(2,3)13-16-12-17(15-10-8-7-9-11-15)20-14-18(16)21(4,5)6;;;/h9-12,14-19H,1-8H3;3-14,16-19H,1-2H3;4-7,14-16,18-19H,9-13H2,1-3H3;4-6,11,14-16H,7-10,13H2,1-3H3;4-10,12-13H,1-3H3;7-10,12,14H,13H2,1-6H3;;;/q6*-1;;;. The van der Waals surface area contributed by atoms with Gasteiger partial charge in [-0.15, -0.1) is 215 Å².